The third kappa shape index (κ3) is 4.70. The first kappa shape index (κ1) is 16.7. The van der Waals surface area contributed by atoms with Gasteiger partial charge in [0.25, 0.3) is 0 Å². The van der Waals surface area contributed by atoms with Gasteiger partial charge in [0.1, 0.15) is 5.60 Å². The lowest BCUT2D eigenvalue weighted by Gasteiger charge is -2.19. The Morgan fingerprint density at radius 2 is 1.91 bits per heavy atom. The average Bonchev–Trinajstić information content (AvgIpc) is 2.67. The van der Waals surface area contributed by atoms with Gasteiger partial charge in [-0.3, -0.25) is 5.32 Å². The molecule has 0 bridgehead atoms. The van der Waals surface area contributed by atoms with E-state index in [0.29, 0.717) is 5.13 Å². The Morgan fingerprint density at radius 3 is 2.50 bits per heavy atom. The number of aromatic nitrogens is 1. The Kier molecular flexibility index (Phi) is 4.47. The molecule has 1 aromatic carbocycles. The van der Waals surface area contributed by atoms with Crippen LogP contribution < -0.4 is 5.32 Å². The molecule has 0 aliphatic rings. The highest BCUT2D eigenvalue weighted by atomic mass is 32.1. The molecule has 0 saturated heterocycles. The molecule has 0 aliphatic carbocycles. The van der Waals surface area contributed by atoms with Gasteiger partial charge in [-0.25, -0.2) is 9.78 Å². The number of anilines is 1. The number of nitrogens with one attached hydrogen (secondary N) is 1. The van der Waals surface area contributed by atoms with Crippen LogP contribution in [-0.4, -0.2) is 16.7 Å². The fourth-order valence-electron chi connectivity index (χ4n) is 2.16. The fraction of sp³-hybridized carbons (Fsp3) is 0.529. The van der Waals surface area contributed by atoms with Crippen LogP contribution in [0.2, 0.25) is 0 Å². The van der Waals surface area contributed by atoms with Crippen molar-refractivity contribution in [3.05, 3.63) is 23.8 Å². The first-order chi connectivity index (χ1) is 10.0. The van der Waals surface area contributed by atoms with Crippen molar-refractivity contribution < 1.29 is 9.53 Å². The Hall–Kier alpha value is -1.62. The van der Waals surface area contributed by atoms with E-state index in [2.05, 4.69) is 37.1 Å². The molecule has 4 nitrogen and oxygen atoms in total. The van der Waals surface area contributed by atoms with E-state index in [-0.39, 0.29) is 5.41 Å². The van der Waals surface area contributed by atoms with E-state index in [1.807, 2.05) is 32.9 Å². The highest BCUT2D eigenvalue weighted by Gasteiger charge is 2.19. The zero-order valence-corrected chi connectivity index (χ0v) is 14.9. The van der Waals surface area contributed by atoms with Gasteiger partial charge in [0.2, 0.25) is 0 Å². The van der Waals surface area contributed by atoms with Gasteiger partial charge < -0.3 is 4.74 Å². The lowest BCUT2D eigenvalue weighted by Crippen LogP contribution is -2.27. The summed E-state index contributed by atoms with van der Waals surface area (Å²) >= 11 is 1.47. The number of fused-ring (bicyclic) bond motifs is 1. The fourth-order valence-corrected chi connectivity index (χ4v) is 3.06. The summed E-state index contributed by atoms with van der Waals surface area (Å²) in [7, 11) is 0. The standard InChI is InChI=1S/C17H24N2O2S/c1-16(2,3)10-11-8-7-9-12-13(11)18-14(22-12)19-15(20)21-17(4,5)6/h7-9H,10H2,1-6H3,(H,18,19,20). The number of carbonyl (C=O) groups excluding carboxylic acids is 1. The Bertz CT molecular complexity index is 678. The molecule has 0 atom stereocenters. The van der Waals surface area contributed by atoms with Crippen molar-refractivity contribution >= 4 is 32.8 Å². The number of para-hydroxylation sites is 1. The summed E-state index contributed by atoms with van der Waals surface area (Å²) in [6.07, 6.45) is 0.476. The predicted octanol–water partition coefficient (Wildman–Crippen LogP) is 5.23. The lowest BCUT2D eigenvalue weighted by atomic mass is 9.88. The zero-order chi connectivity index (χ0) is 16.5. The SMILES string of the molecule is CC(C)(C)Cc1cccc2sc(NC(=O)OC(C)(C)C)nc12. The summed E-state index contributed by atoms with van der Waals surface area (Å²) in [6.45, 7) is 12.1. The number of thiazole rings is 1. The second-order valence-electron chi connectivity index (χ2n) is 7.65. The molecule has 1 aromatic heterocycles. The molecule has 0 aliphatic heterocycles. The summed E-state index contributed by atoms with van der Waals surface area (Å²) in [4.78, 5) is 16.4. The molecule has 0 radical (unpaired) electrons. The average molecular weight is 320 g/mol. The Balaban J connectivity index is 2.24. The maximum absolute atomic E-state index is 11.9. The summed E-state index contributed by atoms with van der Waals surface area (Å²) in [5.74, 6) is 0. The van der Waals surface area contributed by atoms with Crippen molar-refractivity contribution in [2.75, 3.05) is 5.32 Å². The molecule has 22 heavy (non-hydrogen) atoms. The van der Waals surface area contributed by atoms with Crippen LogP contribution in [0, 0.1) is 5.41 Å². The van der Waals surface area contributed by atoms with Gasteiger partial charge in [-0.2, -0.15) is 0 Å². The number of amides is 1. The quantitative estimate of drug-likeness (QED) is 0.824. The third-order valence-electron chi connectivity index (χ3n) is 2.83. The van der Waals surface area contributed by atoms with E-state index in [9.17, 15) is 4.79 Å². The molecular weight excluding hydrogens is 296 g/mol. The van der Waals surface area contributed by atoms with E-state index in [4.69, 9.17) is 4.74 Å². The molecule has 1 heterocycles. The van der Waals surface area contributed by atoms with Gasteiger partial charge in [-0.05, 0) is 44.2 Å². The highest BCUT2D eigenvalue weighted by molar-refractivity contribution is 7.22. The number of ether oxygens (including phenoxy) is 1. The van der Waals surface area contributed by atoms with Gasteiger partial charge in [-0.15, -0.1) is 0 Å². The van der Waals surface area contributed by atoms with Crippen LogP contribution in [-0.2, 0) is 11.2 Å². The van der Waals surface area contributed by atoms with Crippen molar-refractivity contribution in [1.29, 1.82) is 0 Å². The van der Waals surface area contributed by atoms with E-state index in [1.54, 1.807) is 0 Å². The second kappa shape index (κ2) is 5.88. The first-order valence-corrected chi connectivity index (χ1v) is 8.24. The zero-order valence-electron chi connectivity index (χ0n) is 14.1. The van der Waals surface area contributed by atoms with Gasteiger partial charge in [0, 0.05) is 0 Å². The molecule has 0 unspecified atom stereocenters. The number of hydrogen-bond acceptors (Lipinski definition) is 4. The maximum atomic E-state index is 11.9. The van der Waals surface area contributed by atoms with Crippen LogP contribution in [0.1, 0.15) is 47.1 Å². The molecule has 0 fully saturated rings. The number of carbonyl (C=O) groups is 1. The van der Waals surface area contributed by atoms with E-state index in [1.165, 1.54) is 16.9 Å². The van der Waals surface area contributed by atoms with Gasteiger partial charge in [0.15, 0.2) is 5.13 Å². The molecule has 2 rings (SSSR count). The van der Waals surface area contributed by atoms with Crippen molar-refractivity contribution in [2.45, 2.75) is 53.6 Å². The number of hydrogen-bond donors (Lipinski definition) is 1. The van der Waals surface area contributed by atoms with Crippen molar-refractivity contribution in [1.82, 2.24) is 4.98 Å². The molecule has 0 spiro atoms. The highest BCUT2D eigenvalue weighted by Crippen LogP contribution is 2.31. The molecular formula is C17H24N2O2S. The minimum atomic E-state index is -0.516. The van der Waals surface area contributed by atoms with Crippen LogP contribution in [0.25, 0.3) is 10.2 Å². The molecule has 5 heteroatoms. The largest absolute Gasteiger partial charge is 0.444 e. The first-order valence-electron chi connectivity index (χ1n) is 7.42. The predicted molar refractivity (Wildman–Crippen MR) is 92.6 cm³/mol. The van der Waals surface area contributed by atoms with Gasteiger partial charge >= 0.3 is 6.09 Å². The smallest absolute Gasteiger partial charge is 0.413 e. The summed E-state index contributed by atoms with van der Waals surface area (Å²) in [6, 6.07) is 6.17. The summed E-state index contributed by atoms with van der Waals surface area (Å²) in [5, 5.41) is 3.30. The summed E-state index contributed by atoms with van der Waals surface area (Å²) in [5.41, 5.74) is 1.85. The monoisotopic (exact) mass is 320 g/mol. The van der Waals surface area contributed by atoms with Crippen molar-refractivity contribution in [2.24, 2.45) is 5.41 Å². The summed E-state index contributed by atoms with van der Waals surface area (Å²) < 4.78 is 6.34. The van der Waals surface area contributed by atoms with Gasteiger partial charge in [0.05, 0.1) is 10.2 Å². The second-order valence-corrected chi connectivity index (χ2v) is 8.68. The normalized spacial score (nSPS) is 12.5. The number of benzene rings is 1. The van der Waals surface area contributed by atoms with Crippen LogP contribution in [0.4, 0.5) is 9.93 Å². The Labute approximate surface area is 135 Å². The van der Waals surface area contributed by atoms with Crippen LogP contribution in [0.3, 0.4) is 0 Å². The van der Waals surface area contributed by atoms with Crippen LogP contribution >= 0.6 is 11.3 Å². The van der Waals surface area contributed by atoms with Crippen LogP contribution in [0.5, 0.6) is 0 Å². The molecule has 2 aromatic rings. The van der Waals surface area contributed by atoms with E-state index in [0.717, 1.165) is 16.6 Å². The molecule has 1 N–H and O–H groups in total. The molecule has 120 valence electrons. The minimum Gasteiger partial charge on any atom is -0.444 e. The number of nitrogens with zero attached hydrogens (tertiary/aromatic N) is 1. The third-order valence-corrected chi connectivity index (χ3v) is 3.77. The van der Waals surface area contributed by atoms with E-state index >= 15 is 0 Å². The van der Waals surface area contributed by atoms with Crippen molar-refractivity contribution in [3.63, 3.8) is 0 Å². The Morgan fingerprint density at radius 1 is 1.23 bits per heavy atom. The van der Waals surface area contributed by atoms with Crippen LogP contribution in [0.15, 0.2) is 18.2 Å². The molecule has 1 amide bonds. The number of rotatable bonds is 2. The maximum Gasteiger partial charge on any atom is 0.413 e. The van der Waals surface area contributed by atoms with E-state index < -0.39 is 11.7 Å². The van der Waals surface area contributed by atoms with Gasteiger partial charge in [-0.1, -0.05) is 44.2 Å². The lowest BCUT2D eigenvalue weighted by molar-refractivity contribution is 0.0636. The minimum absolute atomic E-state index is 0.191. The molecule has 0 saturated carbocycles. The topological polar surface area (TPSA) is 51.2 Å². The van der Waals surface area contributed by atoms with Crippen molar-refractivity contribution in [3.8, 4) is 0 Å².